The quantitative estimate of drug-likeness (QED) is 0.601. The van der Waals surface area contributed by atoms with Gasteiger partial charge in [0.15, 0.2) is 11.5 Å². The fourth-order valence-corrected chi connectivity index (χ4v) is 4.09. The molecule has 4 rings (SSSR count). The summed E-state index contributed by atoms with van der Waals surface area (Å²) in [5, 5.41) is 3.21. The van der Waals surface area contributed by atoms with E-state index in [9.17, 15) is 8.42 Å². The monoisotopic (exact) mass is 441 g/mol. The molecule has 2 aromatic carbocycles. The molecule has 0 aliphatic carbocycles. The molecule has 3 aromatic rings. The second-order valence-corrected chi connectivity index (χ2v) is 8.85. The number of sulfonamides is 1. The number of rotatable bonds is 6. The number of hydrogen-bond donors (Lipinski definition) is 2. The van der Waals surface area contributed by atoms with Crippen molar-refractivity contribution in [1.29, 1.82) is 0 Å². The summed E-state index contributed by atoms with van der Waals surface area (Å²) in [7, 11) is 0.0503. The van der Waals surface area contributed by atoms with Crippen LogP contribution in [0, 0.1) is 6.92 Å². The maximum Gasteiger partial charge on any atom is 0.262 e. The molecule has 2 heterocycles. The molecule has 162 valence electrons. The lowest BCUT2D eigenvalue weighted by Gasteiger charge is -2.19. The molecule has 1 aliphatic rings. The molecule has 0 radical (unpaired) electrons. The minimum absolute atomic E-state index is 0.103. The molecule has 0 spiro atoms. The Morgan fingerprint density at radius 1 is 0.903 bits per heavy atom. The molecule has 0 saturated carbocycles. The lowest BCUT2D eigenvalue weighted by molar-refractivity contribution is 0.171. The van der Waals surface area contributed by atoms with Crippen LogP contribution in [-0.4, -0.2) is 45.7 Å². The van der Waals surface area contributed by atoms with Crippen molar-refractivity contribution in [2.24, 2.45) is 0 Å². The number of aryl methyl sites for hydroxylation is 1. The molecule has 31 heavy (non-hydrogen) atoms. The van der Waals surface area contributed by atoms with Gasteiger partial charge in [-0.3, -0.25) is 4.72 Å². The van der Waals surface area contributed by atoms with E-state index in [1.807, 2.05) is 32.0 Å². The van der Waals surface area contributed by atoms with Crippen LogP contribution in [-0.2, 0) is 10.0 Å². The van der Waals surface area contributed by atoms with E-state index in [0.717, 1.165) is 11.5 Å². The second-order valence-electron chi connectivity index (χ2n) is 7.17. The lowest BCUT2D eigenvalue weighted by atomic mass is 10.3. The van der Waals surface area contributed by atoms with Crippen molar-refractivity contribution in [3.8, 4) is 11.5 Å². The number of benzene rings is 2. The number of nitrogens with zero attached hydrogens (tertiary/aromatic N) is 3. The molecular weight excluding hydrogens is 418 g/mol. The Hall–Kier alpha value is -3.53. The van der Waals surface area contributed by atoms with E-state index in [4.69, 9.17) is 9.47 Å². The highest BCUT2D eigenvalue weighted by atomic mass is 32.2. The predicted octanol–water partition coefficient (Wildman–Crippen LogP) is 3.17. The summed E-state index contributed by atoms with van der Waals surface area (Å²) in [6.07, 6.45) is 0. The summed E-state index contributed by atoms with van der Waals surface area (Å²) in [5.74, 6) is 3.06. The van der Waals surface area contributed by atoms with Crippen molar-refractivity contribution >= 4 is 33.0 Å². The molecule has 9 nitrogen and oxygen atoms in total. The van der Waals surface area contributed by atoms with Gasteiger partial charge in [-0.2, -0.15) is 0 Å². The van der Waals surface area contributed by atoms with Gasteiger partial charge in [0, 0.05) is 37.6 Å². The van der Waals surface area contributed by atoms with E-state index in [0.29, 0.717) is 42.0 Å². The standard InChI is InChI=1S/C21H23N5O4S/c1-14-22-20(13-21(23-14)26(2)3)24-15-4-6-16(7-5-15)25-31(27,28)17-8-9-18-19(12-17)30-11-10-29-18/h4-9,12-13,25H,10-11H2,1-3H3,(H,22,23,24). The van der Waals surface area contributed by atoms with E-state index in [1.54, 1.807) is 30.3 Å². The lowest BCUT2D eigenvalue weighted by Crippen LogP contribution is -2.17. The summed E-state index contributed by atoms with van der Waals surface area (Å²) >= 11 is 0. The summed E-state index contributed by atoms with van der Waals surface area (Å²) in [6.45, 7) is 2.66. The summed E-state index contributed by atoms with van der Waals surface area (Å²) < 4.78 is 39.0. The molecule has 1 aliphatic heterocycles. The van der Waals surface area contributed by atoms with Gasteiger partial charge in [0.1, 0.15) is 30.7 Å². The number of nitrogens with one attached hydrogen (secondary N) is 2. The first kappa shape index (κ1) is 20.7. The van der Waals surface area contributed by atoms with Crippen LogP contribution in [0.1, 0.15) is 5.82 Å². The zero-order valence-corrected chi connectivity index (χ0v) is 18.2. The smallest absolute Gasteiger partial charge is 0.262 e. The molecule has 0 atom stereocenters. The van der Waals surface area contributed by atoms with Crippen LogP contribution in [0.25, 0.3) is 0 Å². The van der Waals surface area contributed by atoms with Gasteiger partial charge in [0.2, 0.25) is 0 Å². The first-order chi connectivity index (χ1) is 14.8. The average molecular weight is 442 g/mol. The van der Waals surface area contributed by atoms with Crippen LogP contribution in [0.4, 0.5) is 23.0 Å². The Balaban J connectivity index is 1.48. The molecule has 0 bridgehead atoms. The van der Waals surface area contributed by atoms with Crippen LogP contribution < -0.4 is 24.4 Å². The van der Waals surface area contributed by atoms with Crippen LogP contribution in [0.3, 0.4) is 0 Å². The number of hydrogen-bond acceptors (Lipinski definition) is 8. The maximum absolute atomic E-state index is 12.8. The van der Waals surface area contributed by atoms with Gasteiger partial charge in [0.05, 0.1) is 4.90 Å². The van der Waals surface area contributed by atoms with Gasteiger partial charge >= 0.3 is 0 Å². The molecular formula is C21H23N5O4S. The Morgan fingerprint density at radius 3 is 2.29 bits per heavy atom. The van der Waals surface area contributed by atoms with E-state index in [2.05, 4.69) is 20.0 Å². The first-order valence-electron chi connectivity index (χ1n) is 9.63. The van der Waals surface area contributed by atoms with E-state index >= 15 is 0 Å². The molecule has 10 heteroatoms. The topological polar surface area (TPSA) is 106 Å². The van der Waals surface area contributed by atoms with Crippen LogP contribution in [0.5, 0.6) is 11.5 Å². The third-order valence-corrected chi connectivity index (χ3v) is 5.90. The van der Waals surface area contributed by atoms with Crippen molar-refractivity contribution in [3.63, 3.8) is 0 Å². The van der Waals surface area contributed by atoms with Crippen LogP contribution in [0.15, 0.2) is 53.4 Å². The van der Waals surface area contributed by atoms with E-state index in [1.165, 1.54) is 12.1 Å². The highest BCUT2D eigenvalue weighted by molar-refractivity contribution is 7.92. The first-order valence-corrected chi connectivity index (χ1v) is 11.1. The number of anilines is 4. The number of aromatic nitrogens is 2. The molecule has 0 saturated heterocycles. The molecule has 1 aromatic heterocycles. The van der Waals surface area contributed by atoms with E-state index < -0.39 is 10.0 Å². The average Bonchev–Trinajstić information content (AvgIpc) is 2.74. The minimum atomic E-state index is -3.77. The molecule has 2 N–H and O–H groups in total. The van der Waals surface area contributed by atoms with Gasteiger partial charge in [-0.05, 0) is 43.3 Å². The van der Waals surface area contributed by atoms with Crippen molar-refractivity contribution in [3.05, 3.63) is 54.4 Å². The zero-order chi connectivity index (χ0) is 22.0. The predicted molar refractivity (Wildman–Crippen MR) is 119 cm³/mol. The maximum atomic E-state index is 12.8. The van der Waals surface area contributed by atoms with Crippen LogP contribution >= 0.6 is 0 Å². The van der Waals surface area contributed by atoms with Crippen molar-refractivity contribution < 1.29 is 17.9 Å². The summed E-state index contributed by atoms with van der Waals surface area (Å²) in [6, 6.07) is 13.3. The molecule has 0 amide bonds. The number of ether oxygens (including phenoxy) is 2. The second kappa shape index (κ2) is 8.31. The van der Waals surface area contributed by atoms with Crippen molar-refractivity contribution in [1.82, 2.24) is 9.97 Å². The fourth-order valence-electron chi connectivity index (χ4n) is 3.02. The Morgan fingerprint density at radius 2 is 1.58 bits per heavy atom. The van der Waals surface area contributed by atoms with Gasteiger partial charge in [-0.25, -0.2) is 18.4 Å². The van der Waals surface area contributed by atoms with E-state index in [-0.39, 0.29) is 4.90 Å². The Kier molecular flexibility index (Phi) is 5.55. The van der Waals surface area contributed by atoms with Crippen LogP contribution in [0.2, 0.25) is 0 Å². The third kappa shape index (κ3) is 4.80. The van der Waals surface area contributed by atoms with Gasteiger partial charge in [0.25, 0.3) is 10.0 Å². The fraction of sp³-hybridized carbons (Fsp3) is 0.238. The van der Waals surface area contributed by atoms with Gasteiger partial charge < -0.3 is 19.7 Å². The minimum Gasteiger partial charge on any atom is -0.486 e. The Bertz CT molecular complexity index is 1200. The number of fused-ring (bicyclic) bond motifs is 1. The summed E-state index contributed by atoms with van der Waals surface area (Å²) in [4.78, 5) is 10.8. The highest BCUT2D eigenvalue weighted by Crippen LogP contribution is 2.33. The van der Waals surface area contributed by atoms with Crippen molar-refractivity contribution in [2.75, 3.05) is 42.2 Å². The third-order valence-electron chi connectivity index (χ3n) is 4.52. The van der Waals surface area contributed by atoms with Gasteiger partial charge in [-0.15, -0.1) is 0 Å². The molecule has 0 fully saturated rings. The largest absolute Gasteiger partial charge is 0.486 e. The van der Waals surface area contributed by atoms with Crippen molar-refractivity contribution in [2.45, 2.75) is 11.8 Å². The summed E-state index contributed by atoms with van der Waals surface area (Å²) in [5.41, 5.74) is 1.21. The van der Waals surface area contributed by atoms with Gasteiger partial charge in [-0.1, -0.05) is 0 Å². The SMILES string of the molecule is Cc1nc(Nc2ccc(NS(=O)(=O)c3ccc4c(c3)OCCO4)cc2)cc(N(C)C)n1. The Labute approximate surface area is 181 Å². The highest BCUT2D eigenvalue weighted by Gasteiger charge is 2.19. The normalized spacial score (nSPS) is 12.9. The molecule has 0 unspecified atom stereocenters. The zero-order valence-electron chi connectivity index (χ0n) is 17.4.